The fraction of sp³-hybridized carbons (Fsp3) is 0.375. The molecule has 0 spiro atoms. The number of anilines is 1. The average Bonchev–Trinajstić information content (AvgIpc) is 3.36. The van der Waals surface area contributed by atoms with E-state index in [0.29, 0.717) is 36.8 Å². The molecule has 2 heterocycles. The molecule has 9 nitrogen and oxygen atoms in total. The molecule has 0 unspecified atom stereocenters. The maximum absolute atomic E-state index is 13.0. The monoisotopic (exact) mass is 573 g/mol. The minimum absolute atomic E-state index is 0.0950. The number of nitrogens with zero attached hydrogens (tertiary/aromatic N) is 3. The van der Waals surface area contributed by atoms with E-state index in [1.807, 2.05) is 22.4 Å². The minimum atomic E-state index is -4.85. The van der Waals surface area contributed by atoms with Crippen molar-refractivity contribution in [3.05, 3.63) is 53.0 Å². The molecule has 4 rings (SSSR count). The summed E-state index contributed by atoms with van der Waals surface area (Å²) in [4.78, 5) is 6.64. The van der Waals surface area contributed by atoms with E-state index >= 15 is 0 Å². The number of rotatable bonds is 9. The number of benzene rings is 2. The molecule has 1 aliphatic heterocycles. The van der Waals surface area contributed by atoms with Crippen LogP contribution >= 0.6 is 11.3 Å². The average molecular weight is 574 g/mol. The van der Waals surface area contributed by atoms with Gasteiger partial charge in [-0.3, -0.25) is 0 Å². The van der Waals surface area contributed by atoms with Crippen LogP contribution in [0.25, 0.3) is 0 Å². The van der Waals surface area contributed by atoms with Crippen LogP contribution in [0, 0.1) is 0 Å². The molecule has 0 saturated carbocycles. The first-order valence-electron chi connectivity index (χ1n) is 11.4. The Bertz CT molecular complexity index is 1330. The summed E-state index contributed by atoms with van der Waals surface area (Å²) in [5.41, 5.74) is 1.77. The predicted octanol–water partition coefficient (Wildman–Crippen LogP) is 4.17. The number of methoxy groups -OCH3 is 3. The fourth-order valence-electron chi connectivity index (χ4n) is 4.05. The van der Waals surface area contributed by atoms with Crippen molar-refractivity contribution in [2.45, 2.75) is 17.7 Å². The first kappa shape index (κ1) is 27.8. The van der Waals surface area contributed by atoms with E-state index in [9.17, 15) is 21.6 Å². The number of piperazine rings is 1. The summed E-state index contributed by atoms with van der Waals surface area (Å²) in [6, 6.07) is 7.93. The molecule has 0 atom stereocenters. The topological polar surface area (TPSA) is 90.4 Å². The maximum atomic E-state index is 13.0. The van der Waals surface area contributed by atoms with E-state index < -0.39 is 22.1 Å². The third kappa shape index (κ3) is 6.25. The van der Waals surface area contributed by atoms with Crippen LogP contribution in [0.15, 0.2) is 46.7 Å². The molecule has 1 saturated heterocycles. The summed E-state index contributed by atoms with van der Waals surface area (Å²) >= 11 is 1.47. The molecule has 1 aliphatic rings. The Labute approximate surface area is 222 Å². The van der Waals surface area contributed by atoms with Gasteiger partial charge in [0.1, 0.15) is 5.75 Å². The molecule has 0 radical (unpaired) electrons. The number of halogens is 3. The molecule has 1 aromatic heterocycles. The van der Waals surface area contributed by atoms with Gasteiger partial charge in [0, 0.05) is 38.0 Å². The summed E-state index contributed by atoms with van der Waals surface area (Å²) < 4.78 is 84.4. The van der Waals surface area contributed by atoms with Crippen molar-refractivity contribution in [1.29, 1.82) is 0 Å². The molecule has 14 heteroatoms. The number of aromatic nitrogens is 1. The van der Waals surface area contributed by atoms with Crippen molar-refractivity contribution in [3.63, 3.8) is 0 Å². The molecule has 38 heavy (non-hydrogen) atoms. The molecule has 0 aliphatic carbocycles. The van der Waals surface area contributed by atoms with Gasteiger partial charge in [0.15, 0.2) is 16.6 Å². The van der Waals surface area contributed by atoms with Crippen molar-refractivity contribution in [1.82, 2.24) is 9.29 Å². The minimum Gasteiger partial charge on any atom is -0.493 e. The van der Waals surface area contributed by atoms with Crippen molar-refractivity contribution >= 4 is 26.5 Å². The highest BCUT2D eigenvalue weighted by Crippen LogP contribution is 2.39. The van der Waals surface area contributed by atoms with Crippen molar-refractivity contribution in [3.8, 4) is 23.0 Å². The Morgan fingerprint density at radius 1 is 0.947 bits per heavy atom. The Kier molecular flexibility index (Phi) is 8.23. The van der Waals surface area contributed by atoms with Gasteiger partial charge in [-0.05, 0) is 42.0 Å². The number of hydrogen-bond donors (Lipinski definition) is 0. The van der Waals surface area contributed by atoms with Gasteiger partial charge in [-0.1, -0.05) is 0 Å². The molecule has 3 aromatic rings. The molecular formula is C24H26F3N3O6S2. The third-order valence-electron chi connectivity index (χ3n) is 5.85. The van der Waals surface area contributed by atoms with Gasteiger partial charge in [-0.2, -0.15) is 4.31 Å². The Balaban J connectivity index is 1.39. The van der Waals surface area contributed by atoms with Crippen LogP contribution in [0.2, 0.25) is 0 Å². The number of alkyl halides is 3. The zero-order valence-corrected chi connectivity index (χ0v) is 22.5. The van der Waals surface area contributed by atoms with Gasteiger partial charge < -0.3 is 23.8 Å². The second-order valence-electron chi connectivity index (χ2n) is 8.24. The Morgan fingerprint density at radius 3 is 2.08 bits per heavy atom. The lowest BCUT2D eigenvalue weighted by Crippen LogP contribution is -2.48. The van der Waals surface area contributed by atoms with E-state index in [4.69, 9.17) is 19.2 Å². The lowest BCUT2D eigenvalue weighted by molar-refractivity contribution is -0.274. The summed E-state index contributed by atoms with van der Waals surface area (Å²) in [5.74, 6) is 1.14. The van der Waals surface area contributed by atoms with Crippen LogP contribution in [0.4, 0.5) is 18.3 Å². The van der Waals surface area contributed by atoms with E-state index in [1.54, 1.807) is 21.3 Å². The molecule has 0 amide bonds. The van der Waals surface area contributed by atoms with Crippen LogP contribution in [-0.2, 0) is 16.4 Å². The van der Waals surface area contributed by atoms with Crippen LogP contribution in [0.3, 0.4) is 0 Å². The van der Waals surface area contributed by atoms with E-state index in [-0.39, 0.29) is 18.0 Å². The van der Waals surface area contributed by atoms with Gasteiger partial charge in [0.25, 0.3) is 0 Å². The highest BCUT2D eigenvalue weighted by Gasteiger charge is 2.32. The van der Waals surface area contributed by atoms with Gasteiger partial charge in [-0.25, -0.2) is 13.4 Å². The van der Waals surface area contributed by atoms with Crippen LogP contribution in [0.1, 0.15) is 11.3 Å². The molecule has 206 valence electrons. The zero-order valence-electron chi connectivity index (χ0n) is 20.8. The van der Waals surface area contributed by atoms with E-state index in [2.05, 4.69) is 4.74 Å². The highest BCUT2D eigenvalue weighted by molar-refractivity contribution is 7.89. The van der Waals surface area contributed by atoms with Gasteiger partial charge >= 0.3 is 6.36 Å². The first-order chi connectivity index (χ1) is 18.0. The maximum Gasteiger partial charge on any atom is 0.573 e. The Hall–Kier alpha value is -3.23. The predicted molar refractivity (Wildman–Crippen MR) is 135 cm³/mol. The molecule has 0 N–H and O–H groups in total. The summed E-state index contributed by atoms with van der Waals surface area (Å²) in [5, 5.41) is 2.73. The summed E-state index contributed by atoms with van der Waals surface area (Å²) in [6.45, 7) is 1.27. The third-order valence-corrected chi connectivity index (χ3v) is 8.72. The van der Waals surface area contributed by atoms with Gasteiger partial charge in [-0.15, -0.1) is 24.5 Å². The lowest BCUT2D eigenvalue weighted by atomic mass is 10.1. The fourth-order valence-corrected chi connectivity index (χ4v) is 6.35. The van der Waals surface area contributed by atoms with E-state index in [0.717, 1.165) is 40.7 Å². The molecule has 0 bridgehead atoms. The lowest BCUT2D eigenvalue weighted by Gasteiger charge is -2.33. The second kappa shape index (κ2) is 11.3. The first-order valence-corrected chi connectivity index (χ1v) is 13.7. The molecule has 2 aromatic carbocycles. The summed E-state index contributed by atoms with van der Waals surface area (Å²) in [7, 11) is 0.789. The largest absolute Gasteiger partial charge is 0.573 e. The Morgan fingerprint density at radius 2 is 1.55 bits per heavy atom. The van der Waals surface area contributed by atoms with Crippen LogP contribution in [0.5, 0.6) is 23.0 Å². The SMILES string of the molecule is COc1cc(Cc2csc(N3CCN(S(=O)(=O)c4ccc(OC(F)(F)F)cc4)CC3)n2)cc(OC)c1OC. The number of ether oxygens (including phenoxy) is 4. The van der Waals surface area contributed by atoms with Gasteiger partial charge in [0.2, 0.25) is 15.8 Å². The van der Waals surface area contributed by atoms with Crippen LogP contribution < -0.4 is 23.8 Å². The van der Waals surface area contributed by atoms with Crippen molar-refractivity contribution in [2.24, 2.45) is 0 Å². The van der Waals surface area contributed by atoms with Gasteiger partial charge in [0.05, 0.1) is 31.9 Å². The second-order valence-corrected chi connectivity index (χ2v) is 11.0. The number of hydrogen-bond acceptors (Lipinski definition) is 9. The van der Waals surface area contributed by atoms with Crippen LogP contribution in [-0.4, -0.2) is 71.6 Å². The molecule has 1 fully saturated rings. The smallest absolute Gasteiger partial charge is 0.493 e. The summed E-state index contributed by atoms with van der Waals surface area (Å²) in [6.07, 6.45) is -4.31. The molecular weight excluding hydrogens is 547 g/mol. The highest BCUT2D eigenvalue weighted by atomic mass is 32.2. The van der Waals surface area contributed by atoms with E-state index in [1.165, 1.54) is 15.6 Å². The quantitative estimate of drug-likeness (QED) is 0.377. The van der Waals surface area contributed by atoms with Crippen molar-refractivity contribution in [2.75, 3.05) is 52.4 Å². The zero-order chi connectivity index (χ0) is 27.5. The number of thiazole rings is 1. The standard InChI is InChI=1S/C24H26F3N3O6S2/c1-33-20-13-16(14-21(34-2)22(20)35-3)12-17-15-37-23(28-17)29-8-10-30(11-9-29)38(31,32)19-6-4-18(5-7-19)36-24(25,26)27/h4-7,13-15H,8-12H2,1-3H3. The number of sulfonamides is 1. The normalized spacial score (nSPS) is 14.8. The van der Waals surface area contributed by atoms with Crippen molar-refractivity contribution < 1.29 is 40.5 Å².